The lowest BCUT2D eigenvalue weighted by Crippen LogP contribution is -2.51. The van der Waals surface area contributed by atoms with Crippen molar-refractivity contribution in [1.29, 1.82) is 0 Å². The first-order valence-corrected chi connectivity index (χ1v) is 9.17. The summed E-state index contributed by atoms with van der Waals surface area (Å²) in [6.07, 6.45) is 1.31. The minimum absolute atomic E-state index is 0.765. The van der Waals surface area contributed by atoms with Crippen LogP contribution in [0.4, 0.5) is 0 Å². The predicted octanol–water partition coefficient (Wildman–Crippen LogP) is 2.20. The molecule has 2 aliphatic heterocycles. The van der Waals surface area contributed by atoms with Crippen LogP contribution in [-0.4, -0.2) is 68.3 Å². The molecule has 0 amide bonds. The Balaban J connectivity index is 1.22. The topological polar surface area (TPSA) is 27.7 Å². The summed E-state index contributed by atoms with van der Waals surface area (Å²) in [4.78, 5) is 5.18. The fraction of sp³-hybridized carbons (Fsp3) is 0.500. The molecule has 2 heterocycles. The molecule has 2 saturated heterocycles. The molecule has 4 rings (SSSR count). The van der Waals surface area contributed by atoms with Crippen molar-refractivity contribution < 1.29 is 4.74 Å². The SMILES string of the molecule is c1ccc2cc(OCCN3CCN(C4CCNC4)CC3)ccc2c1. The molecule has 2 fully saturated rings. The highest BCUT2D eigenvalue weighted by Crippen LogP contribution is 2.20. The monoisotopic (exact) mass is 325 g/mol. The van der Waals surface area contributed by atoms with Crippen molar-refractivity contribution in [3.05, 3.63) is 42.5 Å². The normalized spacial score (nSPS) is 22.9. The van der Waals surface area contributed by atoms with Gasteiger partial charge in [0, 0.05) is 45.3 Å². The van der Waals surface area contributed by atoms with Crippen LogP contribution in [0.15, 0.2) is 42.5 Å². The lowest BCUT2D eigenvalue weighted by molar-refractivity contribution is 0.0921. The van der Waals surface area contributed by atoms with Gasteiger partial charge in [0.25, 0.3) is 0 Å². The van der Waals surface area contributed by atoms with Crippen LogP contribution in [0.2, 0.25) is 0 Å². The van der Waals surface area contributed by atoms with Gasteiger partial charge in [-0.25, -0.2) is 0 Å². The van der Waals surface area contributed by atoms with Crippen LogP contribution in [0.5, 0.6) is 5.75 Å². The molecular weight excluding hydrogens is 298 g/mol. The maximum Gasteiger partial charge on any atom is 0.120 e. The minimum atomic E-state index is 0.765. The fourth-order valence-corrected chi connectivity index (χ4v) is 3.85. The smallest absolute Gasteiger partial charge is 0.120 e. The highest BCUT2D eigenvalue weighted by atomic mass is 16.5. The van der Waals surface area contributed by atoms with E-state index in [4.69, 9.17) is 4.74 Å². The number of hydrogen-bond donors (Lipinski definition) is 1. The van der Waals surface area contributed by atoms with Crippen LogP contribution < -0.4 is 10.1 Å². The number of nitrogens with one attached hydrogen (secondary N) is 1. The number of ether oxygens (including phenoxy) is 1. The molecule has 2 aromatic rings. The summed E-state index contributed by atoms with van der Waals surface area (Å²) in [5.74, 6) is 0.976. The number of rotatable bonds is 5. The van der Waals surface area contributed by atoms with Gasteiger partial charge in [-0.15, -0.1) is 0 Å². The first-order valence-electron chi connectivity index (χ1n) is 9.17. The van der Waals surface area contributed by atoms with Gasteiger partial charge in [0.2, 0.25) is 0 Å². The maximum atomic E-state index is 5.98. The summed E-state index contributed by atoms with van der Waals surface area (Å²) in [6, 6.07) is 15.5. The predicted molar refractivity (Wildman–Crippen MR) is 98.7 cm³/mol. The van der Waals surface area contributed by atoms with Gasteiger partial charge in [0.15, 0.2) is 0 Å². The Kier molecular flexibility index (Phi) is 4.97. The number of piperazine rings is 1. The molecule has 0 aromatic heterocycles. The molecule has 2 aliphatic rings. The second-order valence-electron chi connectivity index (χ2n) is 6.88. The van der Waals surface area contributed by atoms with Gasteiger partial charge in [-0.2, -0.15) is 0 Å². The van der Waals surface area contributed by atoms with E-state index in [0.717, 1.165) is 38.0 Å². The van der Waals surface area contributed by atoms with Crippen molar-refractivity contribution in [1.82, 2.24) is 15.1 Å². The van der Waals surface area contributed by atoms with Gasteiger partial charge in [-0.3, -0.25) is 9.80 Å². The molecule has 0 saturated carbocycles. The Morgan fingerprint density at radius 3 is 2.62 bits per heavy atom. The quantitative estimate of drug-likeness (QED) is 0.912. The van der Waals surface area contributed by atoms with E-state index in [1.807, 2.05) is 0 Å². The van der Waals surface area contributed by atoms with Crippen molar-refractivity contribution >= 4 is 10.8 Å². The largest absolute Gasteiger partial charge is 0.492 e. The van der Waals surface area contributed by atoms with Gasteiger partial charge in [-0.1, -0.05) is 30.3 Å². The van der Waals surface area contributed by atoms with E-state index >= 15 is 0 Å². The molecule has 2 aromatic carbocycles. The second-order valence-corrected chi connectivity index (χ2v) is 6.88. The van der Waals surface area contributed by atoms with Gasteiger partial charge in [-0.05, 0) is 35.9 Å². The molecular formula is C20H27N3O. The van der Waals surface area contributed by atoms with Gasteiger partial charge >= 0.3 is 0 Å². The average Bonchev–Trinajstić information content (AvgIpc) is 3.17. The second kappa shape index (κ2) is 7.51. The summed E-state index contributed by atoms with van der Waals surface area (Å²) in [5.41, 5.74) is 0. The third kappa shape index (κ3) is 3.72. The zero-order valence-electron chi connectivity index (χ0n) is 14.3. The van der Waals surface area contributed by atoms with Crippen molar-refractivity contribution in [2.75, 3.05) is 52.4 Å². The molecule has 0 bridgehead atoms. The van der Waals surface area contributed by atoms with Crippen molar-refractivity contribution in [3.8, 4) is 5.75 Å². The lowest BCUT2D eigenvalue weighted by Gasteiger charge is -2.37. The molecule has 1 unspecified atom stereocenters. The molecule has 128 valence electrons. The Bertz CT molecular complexity index is 661. The summed E-state index contributed by atoms with van der Waals surface area (Å²) >= 11 is 0. The maximum absolute atomic E-state index is 5.98. The highest BCUT2D eigenvalue weighted by molar-refractivity contribution is 5.83. The number of benzene rings is 2. The summed E-state index contributed by atoms with van der Waals surface area (Å²) in [5, 5.41) is 5.98. The first kappa shape index (κ1) is 15.9. The zero-order valence-corrected chi connectivity index (χ0v) is 14.3. The van der Waals surface area contributed by atoms with E-state index in [9.17, 15) is 0 Å². The van der Waals surface area contributed by atoms with Crippen LogP contribution in [-0.2, 0) is 0 Å². The average molecular weight is 325 g/mol. The molecule has 24 heavy (non-hydrogen) atoms. The van der Waals surface area contributed by atoms with Crippen LogP contribution in [0.25, 0.3) is 10.8 Å². The van der Waals surface area contributed by atoms with E-state index in [1.165, 1.54) is 43.4 Å². The first-order chi connectivity index (χ1) is 11.9. The Morgan fingerprint density at radius 2 is 1.83 bits per heavy atom. The molecule has 0 spiro atoms. The van der Waals surface area contributed by atoms with Crippen molar-refractivity contribution in [3.63, 3.8) is 0 Å². The van der Waals surface area contributed by atoms with Crippen molar-refractivity contribution in [2.24, 2.45) is 0 Å². The lowest BCUT2D eigenvalue weighted by atomic mass is 10.1. The van der Waals surface area contributed by atoms with Crippen LogP contribution in [0.1, 0.15) is 6.42 Å². The summed E-state index contributed by atoms with van der Waals surface area (Å²) < 4.78 is 5.98. The van der Waals surface area contributed by atoms with Crippen molar-refractivity contribution in [2.45, 2.75) is 12.5 Å². The number of hydrogen-bond acceptors (Lipinski definition) is 4. The van der Waals surface area contributed by atoms with Crippen LogP contribution in [0, 0.1) is 0 Å². The summed E-state index contributed by atoms with van der Waals surface area (Å²) in [6.45, 7) is 8.86. The Labute approximate surface area is 144 Å². The summed E-state index contributed by atoms with van der Waals surface area (Å²) in [7, 11) is 0. The molecule has 1 N–H and O–H groups in total. The molecule has 4 nitrogen and oxygen atoms in total. The van der Waals surface area contributed by atoms with Gasteiger partial charge in [0.05, 0.1) is 0 Å². The standard InChI is InChI=1S/C20H27N3O/c1-2-4-18-15-20(6-5-17(18)3-1)24-14-13-22-9-11-23(12-10-22)19-7-8-21-16-19/h1-6,15,19,21H,7-14,16H2. The van der Waals surface area contributed by atoms with Crippen LogP contribution in [0.3, 0.4) is 0 Å². The number of nitrogens with zero attached hydrogens (tertiary/aromatic N) is 2. The van der Waals surface area contributed by atoms with E-state index < -0.39 is 0 Å². The van der Waals surface area contributed by atoms with Gasteiger partial charge < -0.3 is 10.1 Å². The molecule has 1 atom stereocenters. The van der Waals surface area contributed by atoms with Crippen LogP contribution >= 0.6 is 0 Å². The number of fused-ring (bicyclic) bond motifs is 1. The van der Waals surface area contributed by atoms with E-state index in [2.05, 4.69) is 57.6 Å². The molecule has 0 aliphatic carbocycles. The third-order valence-corrected chi connectivity index (χ3v) is 5.35. The van der Waals surface area contributed by atoms with Gasteiger partial charge in [0.1, 0.15) is 12.4 Å². The molecule has 0 radical (unpaired) electrons. The fourth-order valence-electron chi connectivity index (χ4n) is 3.85. The van der Waals surface area contributed by atoms with E-state index in [-0.39, 0.29) is 0 Å². The van der Waals surface area contributed by atoms with E-state index in [1.54, 1.807) is 0 Å². The highest BCUT2D eigenvalue weighted by Gasteiger charge is 2.25. The Hall–Kier alpha value is -1.62. The minimum Gasteiger partial charge on any atom is -0.492 e. The van der Waals surface area contributed by atoms with E-state index in [0.29, 0.717) is 0 Å². The molecule has 4 heteroatoms. The Morgan fingerprint density at radius 1 is 1.00 bits per heavy atom. The zero-order chi connectivity index (χ0) is 16.2. The third-order valence-electron chi connectivity index (χ3n) is 5.35.